The third-order valence-electron chi connectivity index (χ3n) is 1.95. The molecule has 13 heavy (non-hydrogen) atoms. The van der Waals surface area contributed by atoms with Crippen LogP contribution in [-0.2, 0) is 0 Å². The van der Waals surface area contributed by atoms with E-state index in [1.54, 1.807) is 0 Å². The number of nitrogens with two attached hydrogens (primary N) is 1. The molecule has 1 aliphatic rings. The molecule has 0 aromatic heterocycles. The molecule has 1 rings (SSSR count). The zero-order valence-corrected chi connectivity index (χ0v) is 9.84. The monoisotopic (exact) mass is 187 g/mol. The molecule has 0 heterocycles. The maximum Gasteiger partial charge on any atom is 0 e. The van der Waals surface area contributed by atoms with Gasteiger partial charge in [0.05, 0.1) is 0 Å². The Hall–Kier alpha value is -0.300. The third kappa shape index (κ3) is 9.62. The molecule has 1 unspecified atom stereocenters. The minimum absolute atomic E-state index is 0. The maximum absolute atomic E-state index is 5.44. The molecule has 0 spiro atoms. The van der Waals surface area contributed by atoms with Gasteiger partial charge in [-0.1, -0.05) is 39.8 Å². The fourth-order valence-electron chi connectivity index (χ4n) is 1.35. The van der Waals surface area contributed by atoms with Gasteiger partial charge in [-0.15, -0.1) is 0 Å². The molecule has 0 aliphatic heterocycles. The highest BCUT2D eigenvalue weighted by Crippen LogP contribution is 2.20. The van der Waals surface area contributed by atoms with Gasteiger partial charge in [0.1, 0.15) is 0 Å². The predicted molar refractivity (Wildman–Crippen MR) is 65.0 cm³/mol. The van der Waals surface area contributed by atoms with Crippen molar-refractivity contribution in [3.8, 4) is 0 Å². The third-order valence-corrected chi connectivity index (χ3v) is 1.95. The Bertz CT molecular complexity index is 102. The van der Waals surface area contributed by atoms with Crippen LogP contribution >= 0.6 is 0 Å². The van der Waals surface area contributed by atoms with Crippen LogP contribution in [0, 0.1) is 5.92 Å². The van der Waals surface area contributed by atoms with Crippen LogP contribution in [0.4, 0.5) is 0 Å². The summed E-state index contributed by atoms with van der Waals surface area (Å²) in [4.78, 5) is 0. The van der Waals surface area contributed by atoms with Gasteiger partial charge >= 0.3 is 0 Å². The van der Waals surface area contributed by atoms with E-state index < -0.39 is 0 Å². The first kappa shape index (κ1) is 15.2. The summed E-state index contributed by atoms with van der Waals surface area (Å²) in [5.74, 6) is 0.889. The number of hydrogen-bond donors (Lipinski definition) is 1. The highest BCUT2D eigenvalue weighted by Gasteiger charge is 2.07. The van der Waals surface area contributed by atoms with Crippen LogP contribution in [0.15, 0.2) is 12.2 Å². The lowest BCUT2D eigenvalue weighted by atomic mass is 9.92. The summed E-state index contributed by atoms with van der Waals surface area (Å²) in [6.45, 7) is 8.86. The molecular weight excluding hydrogens is 158 g/mol. The van der Waals surface area contributed by atoms with Crippen LogP contribution < -0.4 is 5.73 Å². The van der Waals surface area contributed by atoms with Crippen molar-refractivity contribution in [1.82, 2.24) is 0 Å². The Balaban J connectivity index is -0.000000216. The molecule has 0 bridgehead atoms. The number of hydrogen-bond acceptors (Lipinski definition) is 1. The van der Waals surface area contributed by atoms with Gasteiger partial charge in [0, 0.05) is 1.43 Å². The quantitative estimate of drug-likeness (QED) is 0.650. The van der Waals surface area contributed by atoms with E-state index >= 15 is 0 Å². The molecule has 0 fully saturated rings. The summed E-state index contributed by atoms with van der Waals surface area (Å²) in [5.41, 5.74) is 5.44. The first-order valence-electron chi connectivity index (χ1n) is 5.78. The molecule has 1 atom stereocenters. The Labute approximate surface area is 85.9 Å². The van der Waals surface area contributed by atoms with E-state index in [-0.39, 0.29) is 1.43 Å². The van der Waals surface area contributed by atoms with Crippen molar-refractivity contribution in [2.75, 3.05) is 6.54 Å². The van der Waals surface area contributed by atoms with E-state index in [4.69, 9.17) is 5.73 Å². The van der Waals surface area contributed by atoms with Gasteiger partial charge in [-0.2, -0.15) is 0 Å². The Morgan fingerprint density at radius 1 is 1.23 bits per heavy atom. The highest BCUT2D eigenvalue weighted by atomic mass is 14.5. The summed E-state index contributed by atoms with van der Waals surface area (Å²) in [6, 6.07) is 0. The van der Waals surface area contributed by atoms with Crippen molar-refractivity contribution in [3.63, 3.8) is 0 Å². The van der Waals surface area contributed by atoms with Crippen LogP contribution in [0.25, 0.3) is 0 Å². The van der Waals surface area contributed by atoms with Gasteiger partial charge in [-0.3, -0.25) is 0 Å². The average molecular weight is 187 g/mol. The Kier molecular flexibility index (Phi) is 16.6. The lowest BCUT2D eigenvalue weighted by Gasteiger charge is -2.15. The number of rotatable bonds is 2. The highest BCUT2D eigenvalue weighted by molar-refractivity contribution is 4.89. The zero-order chi connectivity index (χ0) is 10.5. The molecule has 0 saturated heterocycles. The SMILES string of the molecule is CC.CC.NCCC1CC=CCC1.[HH]. The summed E-state index contributed by atoms with van der Waals surface area (Å²) in [5, 5.41) is 0. The van der Waals surface area contributed by atoms with E-state index in [1.807, 2.05) is 27.7 Å². The van der Waals surface area contributed by atoms with Crippen molar-refractivity contribution in [1.29, 1.82) is 0 Å². The normalized spacial score (nSPS) is 19.3. The van der Waals surface area contributed by atoms with Crippen molar-refractivity contribution < 1.29 is 1.43 Å². The molecule has 1 heteroatoms. The van der Waals surface area contributed by atoms with Gasteiger partial charge in [-0.25, -0.2) is 0 Å². The Morgan fingerprint density at radius 2 is 1.85 bits per heavy atom. The van der Waals surface area contributed by atoms with Crippen molar-refractivity contribution >= 4 is 0 Å². The van der Waals surface area contributed by atoms with Crippen LogP contribution in [0.5, 0.6) is 0 Å². The summed E-state index contributed by atoms with van der Waals surface area (Å²) >= 11 is 0. The molecule has 0 saturated carbocycles. The van der Waals surface area contributed by atoms with Crippen molar-refractivity contribution in [2.45, 2.75) is 53.4 Å². The van der Waals surface area contributed by atoms with E-state index in [0.717, 1.165) is 12.5 Å². The van der Waals surface area contributed by atoms with Crippen LogP contribution in [0.3, 0.4) is 0 Å². The van der Waals surface area contributed by atoms with Gasteiger partial charge in [0.25, 0.3) is 0 Å². The first-order chi connectivity index (χ1) is 6.43. The lowest BCUT2D eigenvalue weighted by Crippen LogP contribution is -2.09. The second-order valence-electron chi connectivity index (χ2n) is 2.73. The molecule has 0 radical (unpaired) electrons. The van der Waals surface area contributed by atoms with E-state index in [9.17, 15) is 0 Å². The lowest BCUT2D eigenvalue weighted by molar-refractivity contribution is 0.452. The van der Waals surface area contributed by atoms with E-state index in [0.29, 0.717) is 0 Å². The van der Waals surface area contributed by atoms with E-state index in [2.05, 4.69) is 12.2 Å². The molecule has 1 nitrogen and oxygen atoms in total. The fraction of sp³-hybridized carbons (Fsp3) is 0.833. The minimum atomic E-state index is 0. The molecule has 0 aromatic carbocycles. The summed E-state index contributed by atoms with van der Waals surface area (Å²) in [6.07, 6.45) is 9.65. The topological polar surface area (TPSA) is 26.0 Å². The van der Waals surface area contributed by atoms with Crippen molar-refractivity contribution in [2.24, 2.45) is 11.7 Å². The molecular formula is C12H29N. The second-order valence-corrected chi connectivity index (χ2v) is 2.73. The summed E-state index contributed by atoms with van der Waals surface area (Å²) in [7, 11) is 0. The molecule has 0 amide bonds. The second kappa shape index (κ2) is 14.2. The molecule has 2 N–H and O–H groups in total. The number of allylic oxidation sites excluding steroid dienone is 2. The van der Waals surface area contributed by atoms with Gasteiger partial charge in [0.2, 0.25) is 0 Å². The summed E-state index contributed by atoms with van der Waals surface area (Å²) < 4.78 is 0. The standard InChI is InChI=1S/C8H15N.2C2H6.H2/c9-7-6-8-4-2-1-3-5-8;2*1-2;/h1-2,8H,3-7,9H2;2*1-2H3;1H. The fourth-order valence-corrected chi connectivity index (χ4v) is 1.35. The largest absolute Gasteiger partial charge is 0.330 e. The smallest absolute Gasteiger partial charge is 0 e. The van der Waals surface area contributed by atoms with Gasteiger partial charge in [0.15, 0.2) is 0 Å². The molecule has 82 valence electrons. The van der Waals surface area contributed by atoms with E-state index in [1.165, 1.54) is 25.7 Å². The van der Waals surface area contributed by atoms with Crippen LogP contribution in [-0.4, -0.2) is 6.54 Å². The van der Waals surface area contributed by atoms with Crippen molar-refractivity contribution in [3.05, 3.63) is 12.2 Å². The average Bonchev–Trinajstić information content (AvgIpc) is 2.26. The Morgan fingerprint density at radius 3 is 2.23 bits per heavy atom. The van der Waals surface area contributed by atoms with Crippen LogP contribution in [0.2, 0.25) is 0 Å². The van der Waals surface area contributed by atoms with Crippen LogP contribution in [0.1, 0.15) is 54.8 Å². The van der Waals surface area contributed by atoms with Gasteiger partial charge in [-0.05, 0) is 38.1 Å². The first-order valence-corrected chi connectivity index (χ1v) is 5.78. The molecule has 1 aliphatic carbocycles. The van der Waals surface area contributed by atoms with Gasteiger partial charge < -0.3 is 5.73 Å². The predicted octanol–water partition coefficient (Wildman–Crippen LogP) is 3.99. The zero-order valence-electron chi connectivity index (χ0n) is 9.84. The molecule has 0 aromatic rings. The maximum atomic E-state index is 5.44. The minimum Gasteiger partial charge on any atom is -0.330 e.